The van der Waals surface area contributed by atoms with Crippen LogP contribution in [0.2, 0.25) is 0 Å². The van der Waals surface area contributed by atoms with Crippen LogP contribution in [0.5, 0.6) is 0 Å². The summed E-state index contributed by atoms with van der Waals surface area (Å²) < 4.78 is 5.50. The van der Waals surface area contributed by atoms with Crippen molar-refractivity contribution in [3.63, 3.8) is 0 Å². The predicted molar refractivity (Wildman–Crippen MR) is 80.0 cm³/mol. The van der Waals surface area contributed by atoms with Crippen LogP contribution in [0.1, 0.15) is 35.8 Å². The fourth-order valence-corrected chi connectivity index (χ4v) is 2.54. The number of hydrogen-bond acceptors (Lipinski definition) is 5. The topological polar surface area (TPSA) is 88.7 Å². The zero-order valence-electron chi connectivity index (χ0n) is 12.4. The molecule has 0 saturated carbocycles. The Morgan fingerprint density at radius 2 is 2.19 bits per heavy atom. The molecule has 0 aromatic carbocycles. The minimum Gasteiger partial charge on any atom is -0.394 e. The van der Waals surface area contributed by atoms with E-state index in [4.69, 9.17) is 15.6 Å². The monoisotopic (exact) mass is 293 g/mol. The van der Waals surface area contributed by atoms with E-state index in [1.165, 1.54) is 0 Å². The van der Waals surface area contributed by atoms with Gasteiger partial charge in [-0.3, -0.25) is 4.79 Å². The highest BCUT2D eigenvalue weighted by Gasteiger charge is 2.24. The van der Waals surface area contributed by atoms with Crippen LogP contribution in [0, 0.1) is 0 Å². The molecule has 0 unspecified atom stereocenters. The van der Waals surface area contributed by atoms with Gasteiger partial charge >= 0.3 is 0 Å². The lowest BCUT2D eigenvalue weighted by Crippen LogP contribution is -2.41. The first-order valence-electron chi connectivity index (χ1n) is 7.42. The summed E-state index contributed by atoms with van der Waals surface area (Å²) in [6.07, 6.45) is 2.48. The van der Waals surface area contributed by atoms with Crippen molar-refractivity contribution in [3.05, 3.63) is 23.4 Å². The van der Waals surface area contributed by atoms with Crippen LogP contribution in [0.25, 0.3) is 0 Å². The average molecular weight is 293 g/mol. The first-order chi connectivity index (χ1) is 10.1. The molecule has 6 nitrogen and oxygen atoms in total. The molecule has 0 bridgehead atoms. The van der Waals surface area contributed by atoms with Gasteiger partial charge < -0.3 is 20.5 Å². The predicted octanol–water partition coefficient (Wildman–Crippen LogP) is 0.840. The van der Waals surface area contributed by atoms with Crippen LogP contribution in [0.4, 0.5) is 5.82 Å². The number of anilines is 1. The van der Waals surface area contributed by atoms with Crippen LogP contribution >= 0.6 is 0 Å². The minimum atomic E-state index is -0.000548. The molecule has 0 aliphatic carbocycles. The number of aromatic nitrogens is 1. The largest absolute Gasteiger partial charge is 0.394 e. The Balaban J connectivity index is 1.97. The van der Waals surface area contributed by atoms with Crippen LogP contribution < -0.4 is 5.73 Å². The molecule has 0 atom stereocenters. The van der Waals surface area contributed by atoms with Crippen molar-refractivity contribution < 1.29 is 14.6 Å². The van der Waals surface area contributed by atoms with E-state index in [2.05, 4.69) is 4.98 Å². The lowest BCUT2D eigenvalue weighted by Gasteiger charge is -2.32. The summed E-state index contributed by atoms with van der Waals surface area (Å²) in [7, 11) is 0. The van der Waals surface area contributed by atoms with Crippen molar-refractivity contribution in [3.8, 4) is 0 Å². The molecule has 1 aliphatic rings. The van der Waals surface area contributed by atoms with Crippen molar-refractivity contribution in [1.82, 2.24) is 9.88 Å². The third kappa shape index (κ3) is 4.15. The number of rotatable bonds is 5. The van der Waals surface area contributed by atoms with E-state index in [0.717, 1.165) is 25.0 Å². The van der Waals surface area contributed by atoms with E-state index in [1.54, 1.807) is 6.07 Å². The number of carbonyl (C=O) groups excluding carboxylic acids is 1. The van der Waals surface area contributed by atoms with E-state index in [0.29, 0.717) is 31.1 Å². The number of piperidine rings is 1. The SMILES string of the molecule is CCc1cc(C(=O)N2CCC(OCCO)CC2)cc(N)n1. The van der Waals surface area contributed by atoms with Gasteiger partial charge in [-0.25, -0.2) is 4.98 Å². The van der Waals surface area contributed by atoms with E-state index in [-0.39, 0.29) is 18.6 Å². The zero-order valence-corrected chi connectivity index (χ0v) is 12.4. The maximum atomic E-state index is 12.5. The summed E-state index contributed by atoms with van der Waals surface area (Å²) in [6, 6.07) is 3.45. The second-order valence-electron chi connectivity index (χ2n) is 5.21. The first kappa shape index (κ1) is 15.7. The number of amides is 1. The van der Waals surface area contributed by atoms with Crippen molar-refractivity contribution in [2.45, 2.75) is 32.3 Å². The second-order valence-corrected chi connectivity index (χ2v) is 5.21. The number of hydrogen-bond donors (Lipinski definition) is 2. The van der Waals surface area contributed by atoms with Crippen LogP contribution in [0.3, 0.4) is 0 Å². The van der Waals surface area contributed by atoms with Crippen LogP contribution in [-0.2, 0) is 11.2 Å². The molecule has 1 saturated heterocycles. The number of nitrogens with zero attached hydrogens (tertiary/aromatic N) is 2. The lowest BCUT2D eigenvalue weighted by molar-refractivity contribution is -0.00554. The van der Waals surface area contributed by atoms with E-state index in [9.17, 15) is 4.79 Å². The summed E-state index contributed by atoms with van der Waals surface area (Å²) in [4.78, 5) is 18.5. The molecule has 116 valence electrons. The Kier molecular flexibility index (Phi) is 5.52. The molecule has 1 aromatic rings. The van der Waals surface area contributed by atoms with Gasteiger partial charge in [0.2, 0.25) is 0 Å². The normalized spacial score (nSPS) is 16.2. The molecule has 2 rings (SSSR count). The maximum Gasteiger partial charge on any atom is 0.254 e. The number of aliphatic hydroxyl groups excluding tert-OH is 1. The van der Waals surface area contributed by atoms with E-state index < -0.39 is 0 Å². The van der Waals surface area contributed by atoms with Gasteiger partial charge in [0.05, 0.1) is 19.3 Å². The third-order valence-corrected chi connectivity index (χ3v) is 3.68. The molecule has 0 radical (unpaired) electrons. The summed E-state index contributed by atoms with van der Waals surface area (Å²) in [6.45, 7) is 3.71. The van der Waals surface area contributed by atoms with Gasteiger partial charge in [0, 0.05) is 24.3 Å². The molecule has 1 fully saturated rings. The Labute approximate surface area is 124 Å². The van der Waals surface area contributed by atoms with Gasteiger partial charge in [0.1, 0.15) is 5.82 Å². The average Bonchev–Trinajstić information content (AvgIpc) is 2.52. The molecule has 0 spiro atoms. The number of carbonyl (C=O) groups is 1. The molecule has 2 heterocycles. The molecule has 1 aliphatic heterocycles. The summed E-state index contributed by atoms with van der Waals surface area (Å²) in [5.41, 5.74) is 7.19. The van der Waals surface area contributed by atoms with Gasteiger partial charge in [-0.2, -0.15) is 0 Å². The van der Waals surface area contributed by atoms with Crippen LogP contribution in [0.15, 0.2) is 12.1 Å². The highest BCUT2D eigenvalue weighted by molar-refractivity contribution is 5.95. The standard InChI is InChI=1S/C15H23N3O3/c1-2-12-9-11(10-14(16)17-12)15(20)18-5-3-13(4-6-18)21-8-7-19/h9-10,13,19H,2-8H2,1H3,(H2,16,17). The molecule has 21 heavy (non-hydrogen) atoms. The summed E-state index contributed by atoms with van der Waals surface area (Å²) in [5, 5.41) is 8.75. The van der Waals surface area contributed by atoms with E-state index in [1.807, 2.05) is 17.9 Å². The number of nitrogens with two attached hydrogens (primary N) is 1. The van der Waals surface area contributed by atoms with Crippen molar-refractivity contribution >= 4 is 11.7 Å². The number of aliphatic hydroxyl groups is 1. The Hall–Kier alpha value is -1.66. The highest BCUT2D eigenvalue weighted by Crippen LogP contribution is 2.17. The fraction of sp³-hybridized carbons (Fsp3) is 0.600. The number of nitrogen functional groups attached to an aromatic ring is 1. The maximum absolute atomic E-state index is 12.5. The minimum absolute atomic E-state index is 0.000548. The number of pyridine rings is 1. The van der Waals surface area contributed by atoms with Gasteiger partial charge in [-0.05, 0) is 31.4 Å². The van der Waals surface area contributed by atoms with Gasteiger partial charge in [-0.1, -0.05) is 6.92 Å². The first-order valence-corrected chi connectivity index (χ1v) is 7.42. The van der Waals surface area contributed by atoms with E-state index >= 15 is 0 Å². The zero-order chi connectivity index (χ0) is 15.2. The lowest BCUT2D eigenvalue weighted by atomic mass is 10.1. The molecule has 1 aromatic heterocycles. The van der Waals surface area contributed by atoms with Crippen molar-refractivity contribution in [2.24, 2.45) is 0 Å². The Bertz CT molecular complexity index is 485. The number of likely N-dealkylation sites (tertiary alicyclic amines) is 1. The fourth-order valence-electron chi connectivity index (χ4n) is 2.54. The molecule has 1 amide bonds. The number of ether oxygens (including phenoxy) is 1. The molecule has 3 N–H and O–H groups in total. The molecular weight excluding hydrogens is 270 g/mol. The van der Waals surface area contributed by atoms with Crippen molar-refractivity contribution in [2.75, 3.05) is 32.0 Å². The quantitative estimate of drug-likeness (QED) is 0.840. The molecule has 6 heteroatoms. The second kappa shape index (κ2) is 7.38. The van der Waals surface area contributed by atoms with Gasteiger partial charge in [-0.15, -0.1) is 0 Å². The summed E-state index contributed by atoms with van der Waals surface area (Å²) >= 11 is 0. The number of aryl methyl sites for hydroxylation is 1. The molecular formula is C15H23N3O3. The van der Waals surface area contributed by atoms with Gasteiger partial charge in [0.15, 0.2) is 0 Å². The van der Waals surface area contributed by atoms with Gasteiger partial charge in [0.25, 0.3) is 5.91 Å². The third-order valence-electron chi connectivity index (χ3n) is 3.68. The van der Waals surface area contributed by atoms with Crippen LogP contribution in [-0.4, -0.2) is 53.3 Å². The Morgan fingerprint density at radius 1 is 1.48 bits per heavy atom. The van der Waals surface area contributed by atoms with Crippen molar-refractivity contribution in [1.29, 1.82) is 0 Å². The highest BCUT2D eigenvalue weighted by atomic mass is 16.5. The summed E-state index contributed by atoms with van der Waals surface area (Å²) in [5.74, 6) is 0.387. The smallest absolute Gasteiger partial charge is 0.254 e. The Morgan fingerprint density at radius 3 is 2.81 bits per heavy atom.